The van der Waals surface area contributed by atoms with Crippen molar-refractivity contribution in [2.45, 2.75) is 6.42 Å². The van der Waals surface area contributed by atoms with Crippen LogP contribution < -0.4 is 0 Å². The van der Waals surface area contributed by atoms with Crippen molar-refractivity contribution in [2.75, 3.05) is 0 Å². The summed E-state index contributed by atoms with van der Waals surface area (Å²) in [6, 6.07) is 37.1. The van der Waals surface area contributed by atoms with Gasteiger partial charge < -0.3 is 0 Å². The Morgan fingerprint density at radius 3 is 1.72 bits per heavy atom. The highest BCUT2D eigenvalue weighted by atomic mass is 14.2. The maximum absolute atomic E-state index is 4.02. The first kappa shape index (κ1) is 17.5. The van der Waals surface area contributed by atoms with E-state index in [0.29, 0.717) is 0 Å². The van der Waals surface area contributed by atoms with Crippen LogP contribution in [0.2, 0.25) is 0 Å². The van der Waals surface area contributed by atoms with E-state index in [1.165, 1.54) is 49.4 Å². The highest BCUT2D eigenvalue weighted by molar-refractivity contribution is 6.10. The van der Waals surface area contributed by atoms with E-state index in [0.717, 1.165) is 6.42 Å². The van der Waals surface area contributed by atoms with Crippen molar-refractivity contribution in [3.63, 3.8) is 0 Å². The number of hydrogen-bond acceptors (Lipinski definition) is 0. The average Bonchev–Trinajstić information content (AvgIpc) is 2.78. The highest BCUT2D eigenvalue weighted by Crippen LogP contribution is 2.42. The molecule has 0 fully saturated rings. The predicted molar refractivity (Wildman–Crippen MR) is 126 cm³/mol. The maximum Gasteiger partial charge on any atom is -0.00237 e. The Kier molecular flexibility index (Phi) is 4.46. The molecule has 0 atom stereocenters. The average molecular weight is 370 g/mol. The summed E-state index contributed by atoms with van der Waals surface area (Å²) >= 11 is 0. The lowest BCUT2D eigenvalue weighted by Crippen LogP contribution is -1.95. The Bertz CT molecular complexity index is 1310. The van der Waals surface area contributed by atoms with Gasteiger partial charge in [0.15, 0.2) is 0 Å². The minimum Gasteiger partial charge on any atom is -0.103 e. The van der Waals surface area contributed by atoms with E-state index in [4.69, 9.17) is 0 Å². The van der Waals surface area contributed by atoms with E-state index in [2.05, 4.69) is 110 Å². The number of benzene rings is 5. The summed E-state index contributed by atoms with van der Waals surface area (Å²) in [5.41, 5.74) is 6.42. The molecule has 0 unspecified atom stereocenters. The number of allylic oxidation sites excluding steroid dienone is 1. The molecule has 0 saturated carbocycles. The molecule has 0 radical (unpaired) electrons. The summed E-state index contributed by atoms with van der Waals surface area (Å²) in [5, 5.41) is 5.12. The van der Waals surface area contributed by atoms with Crippen LogP contribution in [0.4, 0.5) is 0 Å². The largest absolute Gasteiger partial charge is 0.103 e. The third-order valence-electron chi connectivity index (χ3n) is 5.58. The number of rotatable bonds is 4. The molecule has 0 bridgehead atoms. The minimum absolute atomic E-state index is 0.840. The molecule has 0 aliphatic rings. The van der Waals surface area contributed by atoms with Gasteiger partial charge in [-0.05, 0) is 67.9 Å². The third kappa shape index (κ3) is 3.13. The molecule has 0 spiro atoms. The molecule has 0 aromatic heterocycles. The molecule has 0 aliphatic carbocycles. The Morgan fingerprint density at radius 2 is 1.10 bits per heavy atom. The molecule has 0 N–H and O–H groups in total. The molecule has 29 heavy (non-hydrogen) atoms. The quantitative estimate of drug-likeness (QED) is 0.222. The van der Waals surface area contributed by atoms with Crippen LogP contribution >= 0.6 is 0 Å². The fourth-order valence-corrected chi connectivity index (χ4v) is 4.30. The molecule has 5 rings (SSSR count). The van der Waals surface area contributed by atoms with Crippen LogP contribution in [-0.4, -0.2) is 0 Å². The van der Waals surface area contributed by atoms with E-state index in [9.17, 15) is 0 Å². The van der Waals surface area contributed by atoms with Gasteiger partial charge in [-0.1, -0.05) is 97.1 Å². The first-order valence-electron chi connectivity index (χ1n) is 10.1. The first-order valence-corrected chi connectivity index (χ1v) is 10.1. The molecule has 0 nitrogen and oxygen atoms in total. The maximum atomic E-state index is 4.02. The molecular formula is C29H22. The van der Waals surface area contributed by atoms with Gasteiger partial charge in [0.05, 0.1) is 0 Å². The zero-order chi connectivity index (χ0) is 19.6. The molecular weight excluding hydrogens is 348 g/mol. The van der Waals surface area contributed by atoms with E-state index in [-0.39, 0.29) is 0 Å². The molecule has 5 aromatic rings. The summed E-state index contributed by atoms with van der Waals surface area (Å²) < 4.78 is 0. The molecule has 0 amide bonds. The molecule has 0 heterocycles. The normalized spacial score (nSPS) is 11.0. The van der Waals surface area contributed by atoms with Crippen LogP contribution in [0.15, 0.2) is 116 Å². The molecule has 138 valence electrons. The Balaban J connectivity index is 1.98. The van der Waals surface area contributed by atoms with Crippen molar-refractivity contribution in [3.05, 3.63) is 121 Å². The van der Waals surface area contributed by atoms with Gasteiger partial charge in [-0.25, -0.2) is 0 Å². The lowest BCUT2D eigenvalue weighted by atomic mass is 9.84. The predicted octanol–water partition coefficient (Wildman–Crippen LogP) is 8.06. The van der Waals surface area contributed by atoms with E-state index in [1.807, 2.05) is 6.08 Å². The molecule has 0 aliphatic heterocycles. The fraction of sp³-hybridized carbons (Fsp3) is 0.0345. The lowest BCUT2D eigenvalue weighted by Gasteiger charge is -2.19. The first-order chi connectivity index (χ1) is 14.3. The van der Waals surface area contributed by atoms with Gasteiger partial charge in [0.2, 0.25) is 0 Å². The van der Waals surface area contributed by atoms with Crippen molar-refractivity contribution >= 4 is 21.5 Å². The van der Waals surface area contributed by atoms with Gasteiger partial charge in [0.1, 0.15) is 0 Å². The second-order valence-electron chi connectivity index (χ2n) is 7.43. The molecule has 5 aromatic carbocycles. The van der Waals surface area contributed by atoms with Gasteiger partial charge in [-0.15, -0.1) is 6.58 Å². The van der Waals surface area contributed by atoms with Crippen molar-refractivity contribution in [1.82, 2.24) is 0 Å². The van der Waals surface area contributed by atoms with Crippen molar-refractivity contribution in [3.8, 4) is 22.3 Å². The van der Waals surface area contributed by atoms with Crippen molar-refractivity contribution in [1.29, 1.82) is 0 Å². The summed E-state index contributed by atoms with van der Waals surface area (Å²) in [6.45, 7) is 4.02. The third-order valence-corrected chi connectivity index (χ3v) is 5.58. The SMILES string of the molecule is C=CCc1cc2cc3ccccc3cc2c(-c2ccccc2)c1-c1ccccc1. The van der Waals surface area contributed by atoms with E-state index in [1.54, 1.807) is 0 Å². The fourth-order valence-electron chi connectivity index (χ4n) is 4.30. The van der Waals surface area contributed by atoms with Crippen LogP contribution in [-0.2, 0) is 6.42 Å². The highest BCUT2D eigenvalue weighted by Gasteiger charge is 2.16. The van der Waals surface area contributed by atoms with Crippen molar-refractivity contribution < 1.29 is 0 Å². The zero-order valence-corrected chi connectivity index (χ0v) is 16.3. The van der Waals surface area contributed by atoms with Gasteiger partial charge in [-0.2, -0.15) is 0 Å². The van der Waals surface area contributed by atoms with Crippen LogP contribution in [0.3, 0.4) is 0 Å². The summed E-state index contributed by atoms with van der Waals surface area (Å²) in [6.07, 6.45) is 2.84. The second kappa shape index (κ2) is 7.41. The van der Waals surface area contributed by atoms with Crippen LogP contribution in [0, 0.1) is 0 Å². The van der Waals surface area contributed by atoms with Gasteiger partial charge in [-0.3, -0.25) is 0 Å². The van der Waals surface area contributed by atoms with E-state index >= 15 is 0 Å². The van der Waals surface area contributed by atoms with Crippen LogP contribution in [0.25, 0.3) is 43.8 Å². The summed E-state index contributed by atoms with van der Waals surface area (Å²) in [5.74, 6) is 0. The Morgan fingerprint density at radius 1 is 0.552 bits per heavy atom. The number of fused-ring (bicyclic) bond motifs is 2. The topological polar surface area (TPSA) is 0 Å². The van der Waals surface area contributed by atoms with Gasteiger partial charge >= 0.3 is 0 Å². The summed E-state index contributed by atoms with van der Waals surface area (Å²) in [7, 11) is 0. The Hall–Kier alpha value is -3.64. The Labute approximate surface area is 171 Å². The molecule has 0 saturated heterocycles. The lowest BCUT2D eigenvalue weighted by molar-refractivity contribution is 1.29. The zero-order valence-electron chi connectivity index (χ0n) is 16.3. The smallest absolute Gasteiger partial charge is 0.00237 e. The summed E-state index contributed by atoms with van der Waals surface area (Å²) in [4.78, 5) is 0. The van der Waals surface area contributed by atoms with Crippen LogP contribution in [0.5, 0.6) is 0 Å². The van der Waals surface area contributed by atoms with Crippen molar-refractivity contribution in [2.24, 2.45) is 0 Å². The van der Waals surface area contributed by atoms with Gasteiger partial charge in [0, 0.05) is 0 Å². The molecule has 0 heteroatoms. The second-order valence-corrected chi connectivity index (χ2v) is 7.43. The van der Waals surface area contributed by atoms with Gasteiger partial charge in [0.25, 0.3) is 0 Å². The standard InChI is InChI=1S/C29H22/c1-2-11-25-19-26-18-23-16-9-10-17-24(23)20-27(26)29(22-14-7-4-8-15-22)28(25)21-12-5-3-6-13-21/h2-10,12-20H,1,11H2. The van der Waals surface area contributed by atoms with E-state index < -0.39 is 0 Å². The monoisotopic (exact) mass is 370 g/mol. The van der Waals surface area contributed by atoms with Crippen LogP contribution in [0.1, 0.15) is 5.56 Å². The number of hydrogen-bond donors (Lipinski definition) is 0. The minimum atomic E-state index is 0.840.